The van der Waals surface area contributed by atoms with E-state index in [1.165, 1.54) is 4.90 Å². The van der Waals surface area contributed by atoms with Crippen LogP contribution in [0.1, 0.15) is 27.2 Å². The number of anilines is 1. The topological polar surface area (TPSA) is 75.9 Å². The molecule has 0 saturated carbocycles. The summed E-state index contributed by atoms with van der Waals surface area (Å²) in [5, 5.41) is 11.3. The molecule has 1 aliphatic rings. The van der Waals surface area contributed by atoms with Gasteiger partial charge in [-0.2, -0.15) is 0 Å². The Morgan fingerprint density at radius 3 is 2.68 bits per heavy atom. The predicted octanol–water partition coefficient (Wildman–Crippen LogP) is 3.94. The maximum Gasteiger partial charge on any atom is 0.410 e. The Morgan fingerprint density at radius 2 is 2.12 bits per heavy atom. The molecule has 0 aromatic heterocycles. The zero-order valence-electron chi connectivity index (χ0n) is 14.6. The molecule has 25 heavy (non-hydrogen) atoms. The van der Waals surface area contributed by atoms with E-state index in [1.54, 1.807) is 32.7 Å². The average Bonchev–Trinajstić information content (AvgIpc) is 2.96. The molecule has 1 fully saturated rings. The number of carbonyl (C=O) groups is 1. The second-order valence-electron chi connectivity index (χ2n) is 6.99. The maximum absolute atomic E-state index is 13.9. The minimum Gasteiger partial charge on any atom is -0.444 e. The van der Waals surface area contributed by atoms with Crippen LogP contribution in [0, 0.1) is 15.9 Å². The van der Waals surface area contributed by atoms with Crippen LogP contribution in [-0.4, -0.2) is 47.7 Å². The van der Waals surface area contributed by atoms with E-state index < -0.39 is 22.4 Å². The number of amides is 1. The average molecular weight is 418 g/mol. The summed E-state index contributed by atoms with van der Waals surface area (Å²) in [7, 11) is 1.64. The van der Waals surface area contributed by atoms with Crippen molar-refractivity contribution in [3.8, 4) is 0 Å². The number of hydrogen-bond acceptors (Lipinski definition) is 5. The van der Waals surface area contributed by atoms with Gasteiger partial charge in [0.25, 0.3) is 5.69 Å². The van der Waals surface area contributed by atoms with E-state index >= 15 is 0 Å². The van der Waals surface area contributed by atoms with Gasteiger partial charge < -0.3 is 14.5 Å². The standard InChI is InChI=1S/C16H21BrFN3O4/c1-16(2,3)25-15(22)19(4)10-5-6-20(9-10)13-8-12(18)11(17)7-14(13)21(23)24/h7-8,10H,5-6,9H2,1-4H3. The highest BCUT2D eigenvalue weighted by molar-refractivity contribution is 9.10. The molecule has 9 heteroatoms. The predicted molar refractivity (Wildman–Crippen MR) is 95.4 cm³/mol. The molecule has 1 amide bonds. The van der Waals surface area contributed by atoms with Crippen LogP contribution in [0.15, 0.2) is 16.6 Å². The molecule has 7 nitrogen and oxygen atoms in total. The zero-order valence-corrected chi connectivity index (χ0v) is 16.2. The lowest BCUT2D eigenvalue weighted by Crippen LogP contribution is -2.42. The summed E-state index contributed by atoms with van der Waals surface area (Å²) in [6.07, 6.45) is 0.167. The van der Waals surface area contributed by atoms with E-state index in [0.29, 0.717) is 19.5 Å². The number of carbonyl (C=O) groups excluding carboxylic acids is 1. The van der Waals surface area contributed by atoms with Crippen LogP contribution in [0.5, 0.6) is 0 Å². The van der Waals surface area contributed by atoms with Crippen LogP contribution >= 0.6 is 15.9 Å². The number of nitro benzene ring substituents is 1. The molecule has 1 aromatic carbocycles. The SMILES string of the molecule is CN(C(=O)OC(C)(C)C)C1CCN(c2cc(F)c(Br)cc2[N+](=O)[O-])C1. The molecule has 1 aromatic rings. The zero-order chi connectivity index (χ0) is 18.9. The molecule has 138 valence electrons. The summed E-state index contributed by atoms with van der Waals surface area (Å²) < 4.78 is 19.3. The molecule has 1 unspecified atom stereocenters. The number of ether oxygens (including phenoxy) is 1. The fraction of sp³-hybridized carbons (Fsp3) is 0.562. The summed E-state index contributed by atoms with van der Waals surface area (Å²) in [5.41, 5.74) is -0.559. The van der Waals surface area contributed by atoms with Gasteiger partial charge in [0.05, 0.1) is 15.4 Å². The third-order valence-electron chi connectivity index (χ3n) is 3.95. The third kappa shape index (κ3) is 4.59. The number of halogens is 2. The van der Waals surface area contributed by atoms with Gasteiger partial charge in [0.1, 0.15) is 17.1 Å². The largest absolute Gasteiger partial charge is 0.444 e. The Labute approximate surface area is 154 Å². The molecule has 0 N–H and O–H groups in total. The Bertz CT molecular complexity index is 693. The Balaban J connectivity index is 2.17. The minimum absolute atomic E-state index is 0.0459. The van der Waals surface area contributed by atoms with Crippen molar-refractivity contribution >= 4 is 33.4 Å². The molecule has 0 spiro atoms. The third-order valence-corrected chi connectivity index (χ3v) is 4.56. The summed E-state index contributed by atoms with van der Waals surface area (Å²) in [6, 6.07) is 2.15. The number of nitrogens with zero attached hydrogens (tertiary/aromatic N) is 3. The van der Waals surface area contributed by atoms with Crippen LogP contribution in [0.25, 0.3) is 0 Å². The van der Waals surface area contributed by atoms with Gasteiger partial charge >= 0.3 is 6.09 Å². The highest BCUT2D eigenvalue weighted by Crippen LogP contribution is 2.35. The number of benzene rings is 1. The molecule has 1 atom stereocenters. The lowest BCUT2D eigenvalue weighted by Gasteiger charge is -2.28. The number of likely N-dealkylation sites (N-methyl/N-ethyl adjacent to an activating group) is 1. The molecule has 0 aliphatic carbocycles. The van der Waals surface area contributed by atoms with Crippen molar-refractivity contribution in [2.24, 2.45) is 0 Å². The summed E-state index contributed by atoms with van der Waals surface area (Å²) in [4.78, 5) is 26.1. The lowest BCUT2D eigenvalue weighted by molar-refractivity contribution is -0.384. The van der Waals surface area contributed by atoms with E-state index in [4.69, 9.17) is 4.74 Å². The molecule has 2 rings (SSSR count). The smallest absolute Gasteiger partial charge is 0.410 e. The van der Waals surface area contributed by atoms with Crippen LogP contribution in [0.4, 0.5) is 20.6 Å². The van der Waals surface area contributed by atoms with Crippen molar-refractivity contribution in [3.05, 3.63) is 32.5 Å². The Kier molecular flexibility index (Phi) is 5.55. The highest BCUT2D eigenvalue weighted by Gasteiger charge is 2.33. The second-order valence-corrected chi connectivity index (χ2v) is 7.85. The lowest BCUT2D eigenvalue weighted by atomic mass is 10.2. The Hall–Kier alpha value is -1.90. The second kappa shape index (κ2) is 7.15. The fourth-order valence-corrected chi connectivity index (χ4v) is 3.02. The van der Waals surface area contributed by atoms with Gasteiger partial charge in [-0.3, -0.25) is 10.1 Å². The van der Waals surface area contributed by atoms with E-state index in [9.17, 15) is 19.3 Å². The van der Waals surface area contributed by atoms with E-state index in [1.807, 2.05) is 0 Å². The monoisotopic (exact) mass is 417 g/mol. The first kappa shape index (κ1) is 19.4. The van der Waals surface area contributed by atoms with Gasteiger partial charge in [-0.1, -0.05) is 0 Å². The van der Waals surface area contributed by atoms with Crippen LogP contribution < -0.4 is 4.90 Å². The highest BCUT2D eigenvalue weighted by atomic mass is 79.9. The molecular weight excluding hydrogens is 397 g/mol. The van der Waals surface area contributed by atoms with Crippen LogP contribution in [0.2, 0.25) is 0 Å². The van der Waals surface area contributed by atoms with Gasteiger partial charge in [-0.25, -0.2) is 9.18 Å². The van der Waals surface area contributed by atoms with E-state index in [2.05, 4.69) is 15.9 Å². The summed E-state index contributed by atoms with van der Waals surface area (Å²) >= 11 is 2.97. The van der Waals surface area contributed by atoms with Crippen molar-refractivity contribution in [1.29, 1.82) is 0 Å². The van der Waals surface area contributed by atoms with Crippen molar-refractivity contribution in [1.82, 2.24) is 4.90 Å². The van der Waals surface area contributed by atoms with Crippen LogP contribution in [0.3, 0.4) is 0 Å². The van der Waals surface area contributed by atoms with Crippen LogP contribution in [-0.2, 0) is 4.74 Å². The first-order valence-corrected chi connectivity index (χ1v) is 8.63. The summed E-state index contributed by atoms with van der Waals surface area (Å²) in [5.74, 6) is -0.565. The molecule has 1 aliphatic heterocycles. The van der Waals surface area contributed by atoms with Gasteiger partial charge in [0.2, 0.25) is 0 Å². The van der Waals surface area contributed by atoms with E-state index in [-0.39, 0.29) is 21.9 Å². The number of nitro groups is 1. The van der Waals surface area contributed by atoms with Gasteiger partial charge in [0.15, 0.2) is 0 Å². The van der Waals surface area contributed by atoms with Gasteiger partial charge in [0, 0.05) is 32.3 Å². The van der Waals surface area contributed by atoms with Gasteiger partial charge in [-0.05, 0) is 43.1 Å². The first-order chi connectivity index (χ1) is 11.5. The normalized spacial score (nSPS) is 17.5. The van der Waals surface area contributed by atoms with Crippen molar-refractivity contribution < 1.29 is 18.8 Å². The molecule has 0 radical (unpaired) electrons. The maximum atomic E-state index is 13.9. The molecule has 0 bridgehead atoms. The molecular formula is C16H21BrFN3O4. The summed E-state index contributed by atoms with van der Waals surface area (Å²) in [6.45, 7) is 6.21. The van der Waals surface area contributed by atoms with Crippen molar-refractivity contribution in [3.63, 3.8) is 0 Å². The minimum atomic E-state index is -0.600. The first-order valence-electron chi connectivity index (χ1n) is 7.84. The van der Waals surface area contributed by atoms with Crippen molar-refractivity contribution in [2.45, 2.75) is 38.8 Å². The number of rotatable bonds is 3. The molecule has 1 heterocycles. The van der Waals surface area contributed by atoms with Crippen molar-refractivity contribution in [2.75, 3.05) is 25.0 Å². The van der Waals surface area contributed by atoms with Gasteiger partial charge in [-0.15, -0.1) is 0 Å². The Morgan fingerprint density at radius 1 is 1.48 bits per heavy atom. The quantitative estimate of drug-likeness (QED) is 0.549. The van der Waals surface area contributed by atoms with E-state index in [0.717, 1.165) is 12.1 Å². The number of hydrogen-bond donors (Lipinski definition) is 0. The fourth-order valence-electron chi connectivity index (χ4n) is 2.69. The molecule has 1 saturated heterocycles.